The molecule has 6 heteroatoms. The molecule has 0 amide bonds. The molecule has 0 aromatic carbocycles. The van der Waals surface area contributed by atoms with Crippen molar-refractivity contribution in [3.05, 3.63) is 26.6 Å². The summed E-state index contributed by atoms with van der Waals surface area (Å²) in [5.74, 6) is 0.770. The van der Waals surface area contributed by atoms with E-state index >= 15 is 0 Å². The van der Waals surface area contributed by atoms with Gasteiger partial charge in [0.05, 0.1) is 17.5 Å². The minimum atomic E-state index is 0.000200. The van der Waals surface area contributed by atoms with Gasteiger partial charge < -0.3 is 5.32 Å². The minimum absolute atomic E-state index is 0.000200. The van der Waals surface area contributed by atoms with Crippen LogP contribution in [0.2, 0.25) is 0 Å². The van der Waals surface area contributed by atoms with E-state index in [1.807, 2.05) is 0 Å². The van der Waals surface area contributed by atoms with Gasteiger partial charge in [0.1, 0.15) is 17.9 Å². The lowest BCUT2D eigenvalue weighted by molar-refractivity contribution is -0.706. The predicted molar refractivity (Wildman–Crippen MR) is 103 cm³/mol. The Morgan fingerprint density at radius 2 is 1.92 bits per heavy atom. The Hall–Kier alpha value is -1.71. The van der Waals surface area contributed by atoms with Crippen molar-refractivity contribution in [2.75, 3.05) is 0 Å². The average molecular weight is 372 g/mol. The Kier molecular flexibility index (Phi) is 5.37. The Labute approximate surface area is 158 Å². The minimum Gasteiger partial charge on any atom is -0.338 e. The summed E-state index contributed by atoms with van der Waals surface area (Å²) < 4.78 is 1.62. The zero-order valence-corrected chi connectivity index (χ0v) is 16.1. The van der Waals surface area contributed by atoms with Crippen molar-refractivity contribution in [1.29, 1.82) is 5.26 Å². The maximum atomic E-state index is 13.1. The number of fused-ring (bicyclic) bond motifs is 3. The Bertz CT molecular complexity index is 884. The second-order valence-corrected chi connectivity index (χ2v) is 8.74. The number of aryl methyl sites for hydroxylation is 2. The molecule has 2 aliphatic rings. The van der Waals surface area contributed by atoms with E-state index in [2.05, 4.69) is 11.4 Å². The van der Waals surface area contributed by atoms with Crippen molar-refractivity contribution in [1.82, 2.24) is 9.55 Å². The lowest BCUT2D eigenvalue weighted by Gasteiger charge is -2.15. The molecule has 0 bridgehead atoms. The number of hydrogen-bond donors (Lipinski definition) is 1. The van der Waals surface area contributed by atoms with Crippen LogP contribution in [-0.2, 0) is 25.9 Å². The highest BCUT2D eigenvalue weighted by Gasteiger charge is 2.23. The molecule has 26 heavy (non-hydrogen) atoms. The highest BCUT2D eigenvalue weighted by molar-refractivity contribution is 7.18. The number of nitrogens with zero attached hydrogens (tertiary/aromatic N) is 3. The van der Waals surface area contributed by atoms with Crippen LogP contribution in [0.3, 0.4) is 0 Å². The third-order valence-electron chi connectivity index (χ3n) is 5.92. The molecule has 5 nitrogen and oxygen atoms in total. The molecule has 0 unspecified atom stereocenters. The SMILES string of the molecule is N#CCn1c(C[NH2+]C2CCCCCC2)nc2sc3c(c2c1=O)CCCC3. The molecule has 2 N–H and O–H groups in total. The Balaban J connectivity index is 1.68. The standard InChI is InChI=1S/C20H26N4OS/c21-11-12-24-17(13-22-14-7-3-1-2-4-8-14)23-19-18(20(24)25)15-9-5-6-10-16(15)26-19/h14,22H,1-10,12-13H2/p+1. The molecule has 2 aromatic rings. The molecule has 4 rings (SSSR count). The fourth-order valence-corrected chi connectivity index (χ4v) is 5.76. The van der Waals surface area contributed by atoms with Gasteiger partial charge in [-0.15, -0.1) is 11.3 Å². The molecule has 2 heterocycles. The number of thiophene rings is 1. The van der Waals surface area contributed by atoms with Crippen molar-refractivity contribution in [3.8, 4) is 6.07 Å². The van der Waals surface area contributed by atoms with Gasteiger partial charge >= 0.3 is 0 Å². The van der Waals surface area contributed by atoms with Crippen molar-refractivity contribution in [2.24, 2.45) is 0 Å². The van der Waals surface area contributed by atoms with Crippen LogP contribution in [0.1, 0.15) is 67.6 Å². The first-order valence-corrected chi connectivity index (χ1v) is 10.8. The van der Waals surface area contributed by atoms with Crippen LogP contribution in [-0.4, -0.2) is 15.6 Å². The van der Waals surface area contributed by atoms with Crippen LogP contribution in [0.15, 0.2) is 4.79 Å². The molecule has 1 fully saturated rings. The number of rotatable bonds is 4. The van der Waals surface area contributed by atoms with Crippen LogP contribution in [0.4, 0.5) is 0 Å². The van der Waals surface area contributed by atoms with Gasteiger partial charge in [0.25, 0.3) is 5.56 Å². The van der Waals surface area contributed by atoms with E-state index in [-0.39, 0.29) is 12.1 Å². The first-order chi connectivity index (χ1) is 12.8. The lowest BCUT2D eigenvalue weighted by atomic mass is 9.97. The summed E-state index contributed by atoms with van der Waals surface area (Å²) in [6.07, 6.45) is 12.2. The monoisotopic (exact) mass is 371 g/mol. The van der Waals surface area contributed by atoms with Crippen molar-refractivity contribution < 1.29 is 5.32 Å². The van der Waals surface area contributed by atoms with Gasteiger partial charge in [-0.3, -0.25) is 9.36 Å². The normalized spacial score (nSPS) is 18.4. The molecular formula is C20H27N4OS+. The van der Waals surface area contributed by atoms with Gasteiger partial charge in [-0.2, -0.15) is 5.26 Å². The number of hydrogen-bond acceptors (Lipinski definition) is 4. The molecule has 2 aromatic heterocycles. The van der Waals surface area contributed by atoms with Crippen LogP contribution < -0.4 is 10.9 Å². The van der Waals surface area contributed by atoms with E-state index in [0.717, 1.165) is 35.3 Å². The van der Waals surface area contributed by atoms with Crippen LogP contribution >= 0.6 is 11.3 Å². The number of nitrogens with two attached hydrogens (primary N) is 1. The Morgan fingerprint density at radius 1 is 1.15 bits per heavy atom. The van der Waals surface area contributed by atoms with Gasteiger partial charge in [-0.05, 0) is 56.9 Å². The summed E-state index contributed by atoms with van der Waals surface area (Å²) >= 11 is 1.70. The summed E-state index contributed by atoms with van der Waals surface area (Å²) in [7, 11) is 0. The zero-order chi connectivity index (χ0) is 17.9. The lowest BCUT2D eigenvalue weighted by Crippen LogP contribution is -2.88. The smallest absolute Gasteiger partial charge is 0.263 e. The van der Waals surface area contributed by atoms with Crippen LogP contribution in [0, 0.1) is 11.3 Å². The quantitative estimate of drug-likeness (QED) is 0.840. The summed E-state index contributed by atoms with van der Waals surface area (Å²) in [5.41, 5.74) is 1.21. The summed E-state index contributed by atoms with van der Waals surface area (Å²) in [4.78, 5) is 20.2. The first kappa shape index (κ1) is 17.7. The summed E-state index contributed by atoms with van der Waals surface area (Å²) in [6.45, 7) is 0.792. The van der Waals surface area contributed by atoms with Gasteiger partial charge in [0.2, 0.25) is 0 Å². The highest BCUT2D eigenvalue weighted by Crippen LogP contribution is 2.33. The maximum absolute atomic E-state index is 13.1. The fraction of sp³-hybridized carbons (Fsp3) is 0.650. The van der Waals surface area contributed by atoms with E-state index < -0.39 is 0 Å². The van der Waals surface area contributed by atoms with E-state index in [1.165, 1.54) is 55.4 Å². The molecule has 0 aliphatic heterocycles. The molecule has 0 atom stereocenters. The fourth-order valence-electron chi connectivity index (χ4n) is 4.49. The van der Waals surface area contributed by atoms with Crippen molar-refractivity contribution >= 4 is 21.6 Å². The van der Waals surface area contributed by atoms with Crippen molar-refractivity contribution in [3.63, 3.8) is 0 Å². The molecule has 0 radical (unpaired) electrons. The molecule has 2 aliphatic carbocycles. The van der Waals surface area contributed by atoms with Crippen LogP contribution in [0.5, 0.6) is 0 Å². The summed E-state index contributed by atoms with van der Waals surface area (Å²) in [5, 5.41) is 12.4. The third-order valence-corrected chi connectivity index (χ3v) is 7.10. The van der Waals surface area contributed by atoms with E-state index in [1.54, 1.807) is 15.9 Å². The van der Waals surface area contributed by atoms with Gasteiger partial charge in [-0.1, -0.05) is 12.8 Å². The third kappa shape index (κ3) is 3.43. The topological polar surface area (TPSA) is 75.3 Å². The van der Waals surface area contributed by atoms with E-state index in [4.69, 9.17) is 4.98 Å². The maximum Gasteiger partial charge on any atom is 0.263 e. The predicted octanol–water partition coefficient (Wildman–Crippen LogP) is 2.65. The second-order valence-electron chi connectivity index (χ2n) is 7.66. The molecular weight excluding hydrogens is 344 g/mol. The number of quaternary nitrogens is 1. The zero-order valence-electron chi connectivity index (χ0n) is 15.3. The molecule has 1 saturated carbocycles. The summed E-state index contributed by atoms with van der Waals surface area (Å²) in [6, 6.07) is 2.78. The largest absolute Gasteiger partial charge is 0.338 e. The van der Waals surface area contributed by atoms with Crippen LogP contribution in [0.25, 0.3) is 10.2 Å². The first-order valence-electron chi connectivity index (χ1n) is 10.0. The van der Waals surface area contributed by atoms with E-state index in [0.29, 0.717) is 12.6 Å². The Morgan fingerprint density at radius 3 is 2.69 bits per heavy atom. The average Bonchev–Trinajstić information content (AvgIpc) is 2.83. The van der Waals surface area contributed by atoms with E-state index in [9.17, 15) is 10.1 Å². The molecule has 0 spiro atoms. The highest BCUT2D eigenvalue weighted by atomic mass is 32.1. The number of nitriles is 1. The van der Waals surface area contributed by atoms with Gasteiger partial charge in [0.15, 0.2) is 5.82 Å². The van der Waals surface area contributed by atoms with Gasteiger partial charge in [0, 0.05) is 4.88 Å². The molecule has 0 saturated heterocycles. The number of aromatic nitrogens is 2. The van der Waals surface area contributed by atoms with Crippen molar-refractivity contribution in [2.45, 2.75) is 83.3 Å². The molecule has 138 valence electrons. The van der Waals surface area contributed by atoms with Gasteiger partial charge in [-0.25, -0.2) is 4.98 Å². The second kappa shape index (κ2) is 7.89.